The zero-order valence-corrected chi connectivity index (χ0v) is 14.6. The van der Waals surface area contributed by atoms with E-state index >= 15 is 0 Å². The predicted octanol–water partition coefficient (Wildman–Crippen LogP) is 5.17. The van der Waals surface area contributed by atoms with Crippen LogP contribution in [0.2, 0.25) is 0 Å². The van der Waals surface area contributed by atoms with Crippen LogP contribution < -0.4 is 4.74 Å². The predicted molar refractivity (Wildman–Crippen MR) is 97.6 cm³/mol. The summed E-state index contributed by atoms with van der Waals surface area (Å²) in [7, 11) is 0. The second-order valence-corrected chi connectivity index (χ2v) is 7.04. The van der Waals surface area contributed by atoms with Crippen molar-refractivity contribution in [2.24, 2.45) is 0 Å². The molecule has 4 heteroatoms. The van der Waals surface area contributed by atoms with Gasteiger partial charge in [-0.15, -0.1) is 0 Å². The minimum atomic E-state index is 0.466. The number of aromatic nitrogens is 2. The molecule has 0 spiro atoms. The lowest BCUT2D eigenvalue weighted by Crippen LogP contribution is -2.04. The van der Waals surface area contributed by atoms with Gasteiger partial charge in [-0.05, 0) is 42.2 Å². The minimum Gasteiger partial charge on any atom is -0.492 e. The molecule has 1 N–H and O–H groups in total. The molecule has 120 valence electrons. The van der Waals surface area contributed by atoms with Crippen LogP contribution in [0.4, 0.5) is 0 Å². The van der Waals surface area contributed by atoms with E-state index in [9.17, 15) is 0 Å². The number of imidazole rings is 1. The van der Waals surface area contributed by atoms with Crippen LogP contribution in [0.25, 0.3) is 11.0 Å². The molecule has 0 atom stereocenters. The highest BCUT2D eigenvalue weighted by Gasteiger charge is 2.08. The summed E-state index contributed by atoms with van der Waals surface area (Å²) in [4.78, 5) is 7.90. The average molecular weight is 326 g/mol. The van der Waals surface area contributed by atoms with Crippen molar-refractivity contribution in [1.29, 1.82) is 0 Å². The number of para-hydroxylation sites is 2. The molecule has 3 rings (SSSR count). The number of fused-ring (bicyclic) bond motifs is 1. The first-order valence-electron chi connectivity index (χ1n) is 7.94. The van der Waals surface area contributed by atoms with Crippen LogP contribution in [-0.4, -0.2) is 22.3 Å². The van der Waals surface area contributed by atoms with Crippen LogP contribution in [-0.2, 0) is 0 Å². The van der Waals surface area contributed by atoms with Crippen LogP contribution in [0.5, 0.6) is 5.75 Å². The number of benzene rings is 2. The summed E-state index contributed by atoms with van der Waals surface area (Å²) in [5.74, 6) is 2.34. The Hall–Kier alpha value is -1.94. The first-order chi connectivity index (χ1) is 11.1. The molecule has 0 aliphatic rings. The van der Waals surface area contributed by atoms with Gasteiger partial charge in [-0.1, -0.05) is 49.9 Å². The van der Waals surface area contributed by atoms with E-state index in [1.165, 1.54) is 11.1 Å². The maximum absolute atomic E-state index is 6.01. The van der Waals surface area contributed by atoms with Gasteiger partial charge in [0.25, 0.3) is 0 Å². The molecule has 0 aliphatic heterocycles. The van der Waals surface area contributed by atoms with Gasteiger partial charge in [0.1, 0.15) is 5.75 Å². The lowest BCUT2D eigenvalue weighted by molar-refractivity contribution is 0.338. The van der Waals surface area contributed by atoms with Gasteiger partial charge in [-0.3, -0.25) is 0 Å². The van der Waals surface area contributed by atoms with Gasteiger partial charge in [0.05, 0.1) is 17.6 Å². The summed E-state index contributed by atoms with van der Waals surface area (Å²) >= 11 is 1.69. The Kier molecular flexibility index (Phi) is 4.91. The van der Waals surface area contributed by atoms with Gasteiger partial charge in [-0.25, -0.2) is 4.98 Å². The highest BCUT2D eigenvalue weighted by molar-refractivity contribution is 7.99. The van der Waals surface area contributed by atoms with Crippen LogP contribution >= 0.6 is 11.8 Å². The van der Waals surface area contributed by atoms with Crippen molar-refractivity contribution in [3.05, 3.63) is 53.6 Å². The van der Waals surface area contributed by atoms with E-state index < -0.39 is 0 Å². The summed E-state index contributed by atoms with van der Waals surface area (Å²) in [6.07, 6.45) is 0. The van der Waals surface area contributed by atoms with E-state index in [0.29, 0.717) is 12.5 Å². The number of aromatic amines is 1. The number of aryl methyl sites for hydroxylation is 1. The Morgan fingerprint density at radius 1 is 1.17 bits per heavy atom. The number of H-pyrrole nitrogens is 1. The minimum absolute atomic E-state index is 0.466. The Labute approximate surface area is 141 Å². The first kappa shape index (κ1) is 15.9. The Balaban J connectivity index is 1.58. The van der Waals surface area contributed by atoms with Gasteiger partial charge in [-0.2, -0.15) is 0 Å². The van der Waals surface area contributed by atoms with Crippen molar-refractivity contribution < 1.29 is 4.74 Å². The maximum atomic E-state index is 6.01. The molecule has 0 radical (unpaired) electrons. The third kappa shape index (κ3) is 3.88. The summed E-state index contributed by atoms with van der Waals surface area (Å²) in [5.41, 5.74) is 4.59. The summed E-state index contributed by atoms with van der Waals surface area (Å²) in [6, 6.07) is 14.5. The lowest BCUT2D eigenvalue weighted by Gasteiger charge is -2.14. The quantitative estimate of drug-likeness (QED) is 0.502. The molecule has 0 unspecified atom stereocenters. The molecule has 3 nitrogen and oxygen atoms in total. The molecule has 0 bridgehead atoms. The molecular formula is C19H22N2OS. The fraction of sp³-hybridized carbons (Fsp3) is 0.316. The molecule has 3 aromatic rings. The molecule has 0 fully saturated rings. The first-order valence-corrected chi connectivity index (χ1v) is 8.93. The average Bonchev–Trinajstić information content (AvgIpc) is 2.94. The zero-order valence-electron chi connectivity index (χ0n) is 13.8. The number of hydrogen-bond donors (Lipinski definition) is 1. The van der Waals surface area contributed by atoms with Crippen molar-refractivity contribution in [3.8, 4) is 5.75 Å². The molecule has 0 saturated carbocycles. The molecule has 2 aromatic carbocycles. The van der Waals surface area contributed by atoms with Crippen molar-refractivity contribution in [2.45, 2.75) is 31.8 Å². The van der Waals surface area contributed by atoms with E-state index in [1.54, 1.807) is 11.8 Å². The number of rotatable bonds is 6. The van der Waals surface area contributed by atoms with Crippen LogP contribution in [0.3, 0.4) is 0 Å². The zero-order chi connectivity index (χ0) is 16.2. The number of nitrogens with one attached hydrogen (secondary N) is 1. The molecule has 0 aliphatic carbocycles. The molecule has 1 aromatic heterocycles. The second-order valence-electron chi connectivity index (χ2n) is 5.95. The molecule has 1 heterocycles. The Morgan fingerprint density at radius 2 is 2.00 bits per heavy atom. The largest absolute Gasteiger partial charge is 0.492 e. The van der Waals surface area contributed by atoms with Crippen molar-refractivity contribution >= 4 is 22.8 Å². The molecule has 23 heavy (non-hydrogen) atoms. The fourth-order valence-corrected chi connectivity index (χ4v) is 3.24. The summed E-state index contributed by atoms with van der Waals surface area (Å²) < 4.78 is 6.01. The smallest absolute Gasteiger partial charge is 0.166 e. The summed E-state index contributed by atoms with van der Waals surface area (Å²) in [6.45, 7) is 7.16. The van der Waals surface area contributed by atoms with Gasteiger partial charge < -0.3 is 9.72 Å². The number of hydrogen-bond acceptors (Lipinski definition) is 3. The van der Waals surface area contributed by atoms with Crippen LogP contribution in [0, 0.1) is 6.92 Å². The Bertz CT molecular complexity index is 762. The van der Waals surface area contributed by atoms with Crippen molar-refractivity contribution in [2.75, 3.05) is 12.4 Å². The highest BCUT2D eigenvalue weighted by atomic mass is 32.2. The Morgan fingerprint density at radius 3 is 2.78 bits per heavy atom. The monoisotopic (exact) mass is 326 g/mol. The third-order valence-electron chi connectivity index (χ3n) is 3.74. The van der Waals surface area contributed by atoms with Gasteiger partial charge in [0.15, 0.2) is 5.16 Å². The topological polar surface area (TPSA) is 37.9 Å². The van der Waals surface area contributed by atoms with Crippen LogP contribution in [0.1, 0.15) is 30.9 Å². The van der Waals surface area contributed by atoms with Gasteiger partial charge >= 0.3 is 0 Å². The standard InChI is InChI=1S/C19H22N2OS/c1-13(2)15-9-8-14(3)12-18(15)22-10-11-23-19-20-16-6-4-5-7-17(16)21-19/h4-9,12-13H,10-11H2,1-3H3,(H,20,21). The number of ether oxygens (including phenoxy) is 1. The van der Waals surface area contributed by atoms with E-state index in [-0.39, 0.29) is 0 Å². The summed E-state index contributed by atoms with van der Waals surface area (Å²) in [5, 5.41) is 0.947. The van der Waals surface area contributed by atoms with Gasteiger partial charge in [0.2, 0.25) is 0 Å². The molecular weight excluding hydrogens is 304 g/mol. The van der Waals surface area contributed by atoms with Crippen molar-refractivity contribution in [1.82, 2.24) is 9.97 Å². The lowest BCUT2D eigenvalue weighted by atomic mass is 10.0. The highest BCUT2D eigenvalue weighted by Crippen LogP contribution is 2.28. The van der Waals surface area contributed by atoms with Gasteiger partial charge in [0, 0.05) is 5.75 Å². The maximum Gasteiger partial charge on any atom is 0.166 e. The van der Waals surface area contributed by atoms with E-state index in [4.69, 9.17) is 4.74 Å². The normalized spacial score (nSPS) is 11.3. The number of nitrogens with zero attached hydrogens (tertiary/aromatic N) is 1. The molecule has 0 amide bonds. The van der Waals surface area contributed by atoms with Crippen molar-refractivity contribution in [3.63, 3.8) is 0 Å². The van der Waals surface area contributed by atoms with E-state index in [2.05, 4.69) is 48.9 Å². The second kappa shape index (κ2) is 7.09. The number of thioether (sulfide) groups is 1. The van der Waals surface area contributed by atoms with E-state index in [1.807, 2.05) is 24.3 Å². The fourth-order valence-electron chi connectivity index (χ4n) is 2.53. The molecule has 0 saturated heterocycles. The van der Waals surface area contributed by atoms with E-state index in [0.717, 1.165) is 27.7 Å². The third-order valence-corrected chi connectivity index (χ3v) is 4.58. The SMILES string of the molecule is Cc1ccc(C(C)C)c(OCCSc2nc3ccccc3[nH]2)c1. The van der Waals surface area contributed by atoms with Crippen LogP contribution in [0.15, 0.2) is 47.6 Å².